The summed E-state index contributed by atoms with van der Waals surface area (Å²) in [6.45, 7) is 4.57. The van der Waals surface area contributed by atoms with Gasteiger partial charge in [0.05, 0.1) is 10.6 Å². The number of nitrogens with zero attached hydrogens (tertiary/aromatic N) is 3. The third-order valence-corrected chi connectivity index (χ3v) is 4.83. The fraction of sp³-hybridized carbons (Fsp3) is 0.300. The van der Waals surface area contributed by atoms with Crippen molar-refractivity contribution in [3.63, 3.8) is 0 Å². The van der Waals surface area contributed by atoms with Crippen LogP contribution in [0.15, 0.2) is 48.5 Å². The molecule has 1 saturated heterocycles. The maximum absolute atomic E-state index is 12.2. The second-order valence-electron chi connectivity index (χ2n) is 6.27. The Morgan fingerprint density at radius 3 is 2.50 bits per heavy atom. The summed E-state index contributed by atoms with van der Waals surface area (Å²) in [6, 6.07) is 17.3. The molecule has 5 nitrogen and oxygen atoms in total. The molecule has 2 aromatic rings. The van der Waals surface area contributed by atoms with Crippen LogP contribution in [0.4, 0.5) is 11.4 Å². The smallest absolute Gasteiger partial charge is 0.225 e. The first kappa shape index (κ1) is 18.2. The average Bonchev–Trinajstić information content (AvgIpc) is 2.68. The molecule has 1 N–H and O–H groups in total. The molecule has 134 valence electrons. The summed E-state index contributed by atoms with van der Waals surface area (Å²) in [7, 11) is 0. The normalized spacial score (nSPS) is 14.7. The highest BCUT2D eigenvalue weighted by Crippen LogP contribution is 2.20. The van der Waals surface area contributed by atoms with Crippen LogP contribution >= 0.6 is 11.6 Å². The van der Waals surface area contributed by atoms with Gasteiger partial charge >= 0.3 is 0 Å². The number of nitrogens with one attached hydrogen (secondary N) is 1. The van der Waals surface area contributed by atoms with Crippen LogP contribution in [-0.2, 0) is 4.79 Å². The summed E-state index contributed by atoms with van der Waals surface area (Å²) in [6.07, 6.45) is 0.433. The number of anilines is 2. The van der Waals surface area contributed by atoms with Crippen molar-refractivity contribution < 1.29 is 4.79 Å². The molecule has 3 rings (SSSR count). The number of hydrogen-bond donors (Lipinski definition) is 1. The van der Waals surface area contributed by atoms with E-state index in [-0.39, 0.29) is 5.91 Å². The lowest BCUT2D eigenvalue weighted by atomic mass is 10.2. The number of benzene rings is 2. The quantitative estimate of drug-likeness (QED) is 0.879. The van der Waals surface area contributed by atoms with Crippen molar-refractivity contribution in [2.24, 2.45) is 0 Å². The van der Waals surface area contributed by atoms with Gasteiger partial charge in [0, 0.05) is 50.5 Å². The molecule has 0 spiro atoms. The Labute approximate surface area is 158 Å². The van der Waals surface area contributed by atoms with Crippen LogP contribution in [0, 0.1) is 11.3 Å². The van der Waals surface area contributed by atoms with Gasteiger partial charge in [-0.3, -0.25) is 9.69 Å². The Morgan fingerprint density at radius 1 is 1.12 bits per heavy atom. The summed E-state index contributed by atoms with van der Waals surface area (Å²) in [5, 5.41) is 12.1. The van der Waals surface area contributed by atoms with Gasteiger partial charge in [-0.2, -0.15) is 5.26 Å². The van der Waals surface area contributed by atoms with Crippen molar-refractivity contribution in [3.05, 3.63) is 59.1 Å². The topological polar surface area (TPSA) is 59.4 Å². The van der Waals surface area contributed by atoms with Crippen molar-refractivity contribution in [1.29, 1.82) is 5.26 Å². The molecule has 0 atom stereocenters. The molecule has 2 aromatic carbocycles. The van der Waals surface area contributed by atoms with Crippen LogP contribution in [-0.4, -0.2) is 43.5 Å². The Bertz CT molecular complexity index is 795. The molecular weight excluding hydrogens is 348 g/mol. The van der Waals surface area contributed by atoms with E-state index >= 15 is 0 Å². The molecule has 0 aromatic heterocycles. The highest BCUT2D eigenvalue weighted by molar-refractivity contribution is 6.32. The van der Waals surface area contributed by atoms with Crippen molar-refractivity contribution in [2.75, 3.05) is 42.9 Å². The molecule has 1 aliphatic heterocycles. The number of rotatable bonds is 5. The van der Waals surface area contributed by atoms with Gasteiger partial charge in [0.2, 0.25) is 5.91 Å². The number of nitriles is 1. The van der Waals surface area contributed by atoms with Crippen molar-refractivity contribution in [1.82, 2.24) is 4.90 Å². The second kappa shape index (κ2) is 8.70. The fourth-order valence-electron chi connectivity index (χ4n) is 3.04. The number of halogens is 1. The molecule has 1 amide bonds. The summed E-state index contributed by atoms with van der Waals surface area (Å²) < 4.78 is 0. The summed E-state index contributed by atoms with van der Waals surface area (Å²) >= 11 is 5.99. The summed E-state index contributed by atoms with van der Waals surface area (Å²) in [5.41, 5.74) is 2.27. The number of piperazine rings is 1. The van der Waals surface area contributed by atoms with Gasteiger partial charge in [0.1, 0.15) is 6.07 Å². The number of hydrogen-bond acceptors (Lipinski definition) is 4. The standard InChI is InChI=1S/C20H21ClN4O/c21-19-14-17(7-6-16(19)15-22)23-20(26)8-9-24-10-12-25(13-11-24)18-4-2-1-3-5-18/h1-7,14H,8-13H2,(H,23,26). The predicted molar refractivity (Wildman–Crippen MR) is 105 cm³/mol. The molecule has 1 fully saturated rings. The Morgan fingerprint density at radius 2 is 1.85 bits per heavy atom. The van der Waals surface area contributed by atoms with Crippen LogP contribution in [0.3, 0.4) is 0 Å². The maximum atomic E-state index is 12.2. The number of para-hydroxylation sites is 1. The number of carbonyl (C=O) groups is 1. The lowest BCUT2D eigenvalue weighted by molar-refractivity contribution is -0.116. The maximum Gasteiger partial charge on any atom is 0.225 e. The largest absolute Gasteiger partial charge is 0.369 e. The molecule has 26 heavy (non-hydrogen) atoms. The zero-order chi connectivity index (χ0) is 18.4. The molecule has 1 aliphatic rings. The lowest BCUT2D eigenvalue weighted by Gasteiger charge is -2.36. The number of amides is 1. The van der Waals surface area contributed by atoms with E-state index < -0.39 is 0 Å². The van der Waals surface area contributed by atoms with Crippen molar-refractivity contribution in [3.8, 4) is 6.07 Å². The van der Waals surface area contributed by atoms with Gasteiger partial charge in [-0.05, 0) is 30.3 Å². The summed E-state index contributed by atoms with van der Waals surface area (Å²) in [5.74, 6) is -0.0451. The first-order chi connectivity index (χ1) is 12.7. The van der Waals surface area contributed by atoms with E-state index in [1.807, 2.05) is 12.1 Å². The molecule has 1 heterocycles. The fourth-order valence-corrected chi connectivity index (χ4v) is 3.26. The minimum absolute atomic E-state index is 0.0451. The third kappa shape index (κ3) is 4.75. The molecule has 0 saturated carbocycles. The predicted octanol–water partition coefficient (Wildman–Crippen LogP) is 3.36. The van der Waals surface area contributed by atoms with Crippen LogP contribution in [0.2, 0.25) is 5.02 Å². The zero-order valence-corrected chi connectivity index (χ0v) is 15.2. The minimum Gasteiger partial charge on any atom is -0.369 e. The van der Waals surface area contributed by atoms with Gasteiger partial charge in [-0.1, -0.05) is 29.8 Å². The molecule has 6 heteroatoms. The molecule has 0 unspecified atom stereocenters. The lowest BCUT2D eigenvalue weighted by Crippen LogP contribution is -2.47. The van der Waals surface area contributed by atoms with Gasteiger partial charge in [0.15, 0.2) is 0 Å². The number of carbonyl (C=O) groups excluding carboxylic acids is 1. The van der Waals surface area contributed by atoms with Gasteiger partial charge in [0.25, 0.3) is 0 Å². The summed E-state index contributed by atoms with van der Waals surface area (Å²) in [4.78, 5) is 16.8. The van der Waals surface area contributed by atoms with E-state index in [4.69, 9.17) is 16.9 Å². The highest BCUT2D eigenvalue weighted by atomic mass is 35.5. The molecule has 0 bridgehead atoms. The first-order valence-electron chi connectivity index (χ1n) is 8.67. The molecule has 0 aliphatic carbocycles. The van der Waals surface area contributed by atoms with E-state index in [9.17, 15) is 4.79 Å². The monoisotopic (exact) mass is 368 g/mol. The Balaban J connectivity index is 1.43. The van der Waals surface area contributed by atoms with Crippen LogP contribution in [0.25, 0.3) is 0 Å². The van der Waals surface area contributed by atoms with Gasteiger partial charge in [-0.25, -0.2) is 0 Å². The highest BCUT2D eigenvalue weighted by Gasteiger charge is 2.17. The molecule has 0 radical (unpaired) electrons. The first-order valence-corrected chi connectivity index (χ1v) is 9.05. The van der Waals surface area contributed by atoms with Crippen LogP contribution in [0.5, 0.6) is 0 Å². The van der Waals surface area contributed by atoms with E-state index in [0.717, 1.165) is 32.7 Å². The average molecular weight is 369 g/mol. The van der Waals surface area contributed by atoms with Crippen molar-refractivity contribution >= 4 is 28.9 Å². The Hall–Kier alpha value is -2.55. The van der Waals surface area contributed by atoms with Gasteiger partial charge < -0.3 is 10.2 Å². The van der Waals surface area contributed by atoms with E-state index in [1.54, 1.807) is 18.2 Å². The molecular formula is C20H21ClN4O. The minimum atomic E-state index is -0.0451. The van der Waals surface area contributed by atoms with E-state index in [2.05, 4.69) is 39.4 Å². The zero-order valence-electron chi connectivity index (χ0n) is 14.5. The third-order valence-electron chi connectivity index (χ3n) is 4.52. The van der Waals surface area contributed by atoms with Crippen molar-refractivity contribution in [2.45, 2.75) is 6.42 Å². The Kier molecular flexibility index (Phi) is 6.11. The van der Waals surface area contributed by atoms with E-state index in [1.165, 1.54) is 5.69 Å². The SMILES string of the molecule is N#Cc1ccc(NC(=O)CCN2CCN(c3ccccc3)CC2)cc1Cl. The van der Waals surface area contributed by atoms with Crippen LogP contribution in [0.1, 0.15) is 12.0 Å². The van der Waals surface area contributed by atoms with Crippen LogP contribution < -0.4 is 10.2 Å². The van der Waals surface area contributed by atoms with E-state index in [0.29, 0.717) is 22.7 Å². The van der Waals surface area contributed by atoms with Gasteiger partial charge in [-0.15, -0.1) is 0 Å². The second-order valence-corrected chi connectivity index (χ2v) is 6.68.